The van der Waals surface area contributed by atoms with E-state index in [-0.39, 0.29) is 44.1 Å². The molecule has 684 valence electrons. The number of benzene rings is 10. The number of nitrogens with one attached hydrogen (secondary N) is 6. The molecule has 10 aromatic carbocycles. The van der Waals surface area contributed by atoms with Crippen LogP contribution in [0.5, 0.6) is 0 Å². The third-order valence-corrected chi connectivity index (χ3v) is 26.6. The van der Waals surface area contributed by atoms with Gasteiger partial charge in [0.15, 0.2) is 0 Å². The highest BCUT2D eigenvalue weighted by Gasteiger charge is 2.39. The van der Waals surface area contributed by atoms with E-state index in [1.54, 1.807) is 78.9 Å². The second-order valence-corrected chi connectivity index (χ2v) is 35.8. The van der Waals surface area contributed by atoms with Gasteiger partial charge in [-0.15, -0.1) is 0 Å². The van der Waals surface area contributed by atoms with Crippen molar-refractivity contribution in [2.24, 2.45) is 0 Å². The normalized spacial score (nSPS) is 15.2. The fourth-order valence-corrected chi connectivity index (χ4v) is 19.6. The molecular weight excluding hydrogens is 1820 g/mol. The van der Waals surface area contributed by atoms with Crippen LogP contribution in [-0.4, -0.2) is 133 Å². The zero-order valence-corrected chi connectivity index (χ0v) is 76.9. The molecular formula is C103H104ClF3IN17O8. The van der Waals surface area contributed by atoms with Crippen LogP contribution < -0.4 is 57.6 Å². The first-order valence-corrected chi connectivity index (χ1v) is 47.3. The Balaban J connectivity index is 0.000000121. The number of nitro benzene ring substituents is 1. The van der Waals surface area contributed by atoms with Gasteiger partial charge in [-0.2, -0.15) is 38.7 Å². The van der Waals surface area contributed by atoms with E-state index < -0.39 is 12.1 Å². The van der Waals surface area contributed by atoms with Crippen molar-refractivity contribution in [2.75, 3.05) is 95.3 Å². The number of rotatable bonds is 12. The highest BCUT2D eigenvalue weighted by Crippen LogP contribution is 2.41. The molecule has 0 radical (unpaired) electrons. The first-order chi connectivity index (χ1) is 64.7. The molecule has 5 fully saturated rings. The van der Waals surface area contributed by atoms with Crippen molar-refractivity contribution >= 4 is 134 Å². The zero-order valence-electron chi connectivity index (χ0n) is 74.0. The Labute approximate surface area is 783 Å². The Morgan fingerprint density at radius 3 is 1.01 bits per heavy atom. The summed E-state index contributed by atoms with van der Waals surface area (Å²) in [6.45, 7) is 12.1. The van der Waals surface area contributed by atoms with Crippen molar-refractivity contribution < 1.29 is 22.9 Å². The minimum absolute atomic E-state index is 0.00134. The van der Waals surface area contributed by atoms with Crippen molar-refractivity contribution in [3.8, 4) is 56.3 Å². The first-order valence-electron chi connectivity index (χ1n) is 45.9. The van der Waals surface area contributed by atoms with Gasteiger partial charge in [0.25, 0.3) is 33.5 Å². The van der Waals surface area contributed by atoms with Crippen LogP contribution in [-0.2, 0) is 4.79 Å². The Kier molecular flexibility index (Phi) is 30.2. The average Bonchev–Trinajstić information content (AvgIpc) is 1.26. The lowest BCUT2D eigenvalue weighted by Crippen LogP contribution is -2.31. The maximum absolute atomic E-state index is 13.0. The average molecular weight is 1930 g/mol. The molecule has 20 rings (SSSR count). The largest absolute Gasteiger partial charge is 0.471 e. The van der Waals surface area contributed by atoms with Crippen LogP contribution in [0, 0.1) is 20.6 Å². The molecule has 0 spiro atoms. The molecule has 0 bridgehead atoms. The molecule has 5 aliphatic heterocycles. The molecule has 5 aliphatic rings. The number of fused-ring (bicyclic) bond motifs is 5. The lowest BCUT2D eigenvalue weighted by Gasteiger charge is -2.26. The zero-order chi connectivity index (χ0) is 92.5. The van der Waals surface area contributed by atoms with Gasteiger partial charge in [-0.3, -0.25) is 38.9 Å². The van der Waals surface area contributed by atoms with E-state index in [2.05, 4.69) is 143 Å². The highest BCUT2D eigenvalue weighted by molar-refractivity contribution is 14.1. The van der Waals surface area contributed by atoms with E-state index >= 15 is 0 Å². The van der Waals surface area contributed by atoms with Gasteiger partial charge in [0.1, 0.15) is 11.4 Å². The lowest BCUT2D eigenvalue weighted by molar-refractivity contribution is -0.384. The molecule has 1 amide bonds. The Morgan fingerprint density at radius 2 is 0.654 bits per heavy atom. The van der Waals surface area contributed by atoms with Crippen LogP contribution in [0.1, 0.15) is 134 Å². The second kappa shape index (κ2) is 43.3. The van der Waals surface area contributed by atoms with Gasteiger partial charge in [-0.25, -0.2) is 25.5 Å². The van der Waals surface area contributed by atoms with Gasteiger partial charge in [0.05, 0.1) is 76.6 Å². The summed E-state index contributed by atoms with van der Waals surface area (Å²) in [7, 11) is 0. The van der Waals surface area contributed by atoms with Gasteiger partial charge in [-0.05, 0) is 196 Å². The molecule has 25 nitrogen and oxygen atoms in total. The number of hydrogen-bond acceptors (Lipinski definition) is 18. The van der Waals surface area contributed by atoms with Crippen LogP contribution in [0.3, 0.4) is 0 Å². The van der Waals surface area contributed by atoms with E-state index in [4.69, 9.17) is 11.6 Å². The number of aryl methyl sites for hydroxylation is 1. The molecule has 30 heteroatoms. The Bertz CT molecular complexity index is 6870. The smallest absolute Gasteiger partial charge is 0.372 e. The lowest BCUT2D eigenvalue weighted by atomic mass is 10.00. The Morgan fingerprint density at radius 1 is 0.361 bits per heavy atom. The highest BCUT2D eigenvalue weighted by atomic mass is 127. The summed E-state index contributed by atoms with van der Waals surface area (Å²) in [5.41, 5.74) is 12.3. The summed E-state index contributed by atoms with van der Waals surface area (Å²) in [5, 5.41) is 55.0. The number of amides is 1. The van der Waals surface area contributed by atoms with Crippen molar-refractivity contribution in [3.63, 3.8) is 0 Å². The first kappa shape index (κ1) is 92.8. The number of aromatic nitrogens is 10. The number of nitro groups is 1. The number of aromatic amines is 5. The molecule has 0 aliphatic carbocycles. The summed E-state index contributed by atoms with van der Waals surface area (Å²) in [6, 6.07) is 66.0. The molecule has 10 heterocycles. The molecule has 133 heavy (non-hydrogen) atoms. The number of carbonyl (C=O) groups is 1. The SMILES string of the molecule is Cc1cc(N2CCCCCC2)ccc1-c1n[nH]c(=O)c2ccccc12.O=C(Nc1cc(-c2n[nH]c(=O)c3ccccc23)ccc1N1CCCCCC1)C(F)(F)F.O=c1[nH]nc(-c2ccc(N3CCCCCC3)c(I)c2)c2ccccc12.O=c1[nH]nc(-c2ccc(N3CCCCCC3)cc2Cl)c2ccccc12.O=c1[nH]nc(-c2ccc(N3CCCCCC3)cc2[N+](=O)[O-])c2ccccc12. The summed E-state index contributed by atoms with van der Waals surface area (Å²) in [6.07, 6.45) is 19.0. The van der Waals surface area contributed by atoms with Crippen LogP contribution >= 0.6 is 34.2 Å². The van der Waals surface area contributed by atoms with E-state index in [1.165, 1.54) is 116 Å². The van der Waals surface area contributed by atoms with Gasteiger partial charge in [-0.1, -0.05) is 185 Å². The Hall–Kier alpha value is -13.4. The standard InChI is InChI=1S/C22H21F3N4O2.C21H23N3O.C20H20ClN3O.C20H20IN3O.C20H20N4O3/c23-22(24,25)21(31)26-17-13-14(9-10-18(17)29-11-5-1-2-6-12-29)19-15-7-3-4-8-16(15)20(30)28-27-19;1-15-14-16(24-12-6-2-3-7-13-24)10-11-17(15)20-18-8-4-5-9-19(18)21(25)23-22-20;21-18-13-14(24-11-5-1-2-6-12-24)9-10-17(18)19-15-7-3-4-8-16(15)20(25)23-22-19;21-17-13-14(9-10-18(17)24-11-5-1-2-6-12-24)19-15-7-3-4-8-16(15)20(25)23-22-19;25-20-16-8-4-3-7-15(16)19(21-22-20)17-10-9-14(13-18(17)24(26)27)23-11-5-1-2-6-12-23/h3-4,7-10,13H,1-2,5-6,11-12H2,(H,26,31)(H,28,30);4-5,8-11,14H,2-3,6-7,12-13H2,1H3,(H,23,25);2*3-4,7-10,13H,1-2,5-6,11-12H2,(H,23,25);3-4,7-10,13H,1-2,5-6,11-12H2,(H,22,25). The monoisotopic (exact) mass is 1930 g/mol. The van der Waals surface area contributed by atoms with Crippen molar-refractivity contribution in [2.45, 2.75) is 142 Å². The predicted octanol–water partition coefficient (Wildman–Crippen LogP) is 21.8. The van der Waals surface area contributed by atoms with Gasteiger partial charge >= 0.3 is 12.1 Å². The number of H-pyrrole nitrogens is 5. The number of anilines is 6. The number of nitrogens with zero attached hydrogens (tertiary/aromatic N) is 11. The van der Waals surface area contributed by atoms with Gasteiger partial charge in [0.2, 0.25) is 0 Å². The van der Waals surface area contributed by atoms with Crippen LogP contribution in [0.2, 0.25) is 5.02 Å². The molecule has 0 unspecified atom stereocenters. The number of alkyl halides is 3. The summed E-state index contributed by atoms with van der Waals surface area (Å²) >= 11 is 9.02. The summed E-state index contributed by atoms with van der Waals surface area (Å²) in [4.78, 5) is 94.8. The third-order valence-electron chi connectivity index (χ3n) is 25.4. The van der Waals surface area contributed by atoms with Gasteiger partial charge in [0, 0.05) is 141 Å². The number of carbonyl (C=O) groups excluding carboxylic acids is 1. The van der Waals surface area contributed by atoms with E-state index in [0.717, 1.165) is 146 Å². The number of halogens is 5. The van der Waals surface area contributed by atoms with Crippen LogP contribution in [0.25, 0.3) is 110 Å². The molecule has 0 saturated carbocycles. The van der Waals surface area contributed by atoms with Crippen LogP contribution in [0.15, 0.2) is 236 Å². The minimum Gasteiger partial charge on any atom is -0.372 e. The molecule has 5 aromatic heterocycles. The molecule has 5 saturated heterocycles. The third kappa shape index (κ3) is 22.0. The summed E-state index contributed by atoms with van der Waals surface area (Å²) in [5.74, 6) is -2.03. The van der Waals surface area contributed by atoms with Crippen LogP contribution in [0.4, 0.5) is 53.0 Å². The molecule has 0 atom stereocenters. The van der Waals surface area contributed by atoms with E-state index in [1.807, 2.05) is 95.1 Å². The molecule has 15 aromatic rings. The predicted molar refractivity (Wildman–Crippen MR) is 536 cm³/mol. The second-order valence-electron chi connectivity index (χ2n) is 34.2. The van der Waals surface area contributed by atoms with Gasteiger partial charge < -0.3 is 29.8 Å². The molecule has 6 N–H and O–H groups in total. The van der Waals surface area contributed by atoms with E-state index in [9.17, 15) is 52.1 Å². The summed E-state index contributed by atoms with van der Waals surface area (Å²) < 4.78 is 40.1. The fourth-order valence-electron chi connectivity index (χ4n) is 18.5. The quantitative estimate of drug-likeness (QED) is 0.0376. The number of hydrogen-bond donors (Lipinski definition) is 6. The topological polar surface area (TPSA) is 317 Å². The minimum atomic E-state index is -5.00. The van der Waals surface area contributed by atoms with Crippen molar-refractivity contribution in [1.29, 1.82) is 0 Å². The van der Waals surface area contributed by atoms with Crippen molar-refractivity contribution in [3.05, 3.63) is 288 Å². The fraction of sp³-hybridized carbons (Fsp3) is 0.311. The van der Waals surface area contributed by atoms with E-state index in [0.29, 0.717) is 89.7 Å². The van der Waals surface area contributed by atoms with Crippen molar-refractivity contribution in [1.82, 2.24) is 51.0 Å². The maximum atomic E-state index is 13.0. The maximum Gasteiger partial charge on any atom is 0.471 e.